The van der Waals surface area contributed by atoms with Gasteiger partial charge in [0.1, 0.15) is 11.9 Å². The number of aliphatic hydroxyl groups is 1. The van der Waals surface area contributed by atoms with E-state index in [2.05, 4.69) is 52.8 Å². The molecule has 0 unspecified atom stereocenters. The van der Waals surface area contributed by atoms with Crippen LogP contribution in [0.3, 0.4) is 0 Å². The Morgan fingerprint density at radius 1 is 0.958 bits per heavy atom. The summed E-state index contributed by atoms with van der Waals surface area (Å²) in [6.07, 6.45) is 15.3. The average Bonchev–Trinajstić information content (AvgIpc) is 3.86. The molecular formula is C38H49N5O4S. The minimum absolute atomic E-state index is 0.0964. The van der Waals surface area contributed by atoms with Crippen LogP contribution < -0.4 is 15.1 Å². The predicted octanol–water partition coefficient (Wildman–Crippen LogP) is 7.05. The zero-order valence-electron chi connectivity index (χ0n) is 28.3. The number of carbonyl (C=O) groups is 2. The van der Waals surface area contributed by atoms with Crippen molar-refractivity contribution in [2.45, 2.75) is 94.5 Å². The highest BCUT2D eigenvalue weighted by Crippen LogP contribution is 2.58. The van der Waals surface area contributed by atoms with Crippen molar-refractivity contribution in [3.05, 3.63) is 59.4 Å². The maximum Gasteiger partial charge on any atom is 0.407 e. The minimum atomic E-state index is -0.501. The number of ether oxygens (including phenoxy) is 1. The zero-order chi connectivity index (χ0) is 33.3. The third-order valence-corrected chi connectivity index (χ3v) is 12.8. The van der Waals surface area contributed by atoms with Gasteiger partial charge in [-0.15, -0.1) is 11.3 Å². The van der Waals surface area contributed by atoms with Crippen LogP contribution in [-0.4, -0.2) is 67.0 Å². The highest BCUT2D eigenvalue weighted by Gasteiger charge is 2.51. The maximum absolute atomic E-state index is 14.6. The van der Waals surface area contributed by atoms with Crippen LogP contribution in [0.4, 0.5) is 16.3 Å². The molecule has 5 aliphatic rings. The van der Waals surface area contributed by atoms with Gasteiger partial charge in [0.2, 0.25) is 5.91 Å². The first-order chi connectivity index (χ1) is 23.3. The van der Waals surface area contributed by atoms with Gasteiger partial charge in [0.25, 0.3) is 0 Å². The normalized spacial score (nSPS) is 26.6. The van der Waals surface area contributed by atoms with Crippen molar-refractivity contribution in [1.29, 1.82) is 0 Å². The Hall–Kier alpha value is -3.50. The standard InChI is InChI=1S/C38H49N5O4S/c1-42(2)33-13-10-29(23-40-33)38-17-14-37(15-18-38,16-19-38)25-43(35(45)27-8-11-31(12-9-27)47-36(46)39-20-21-44)30-5-3-4-28(22-30)32-24-41-34(48-32)26-6-7-26/h3-5,10,13,22-24,26-27,31,44H,6-9,11-12,14-21,25H2,1-2H3,(H,39,46). The summed E-state index contributed by atoms with van der Waals surface area (Å²) in [6, 6.07) is 13.0. The van der Waals surface area contributed by atoms with Crippen molar-refractivity contribution >= 4 is 34.8 Å². The van der Waals surface area contributed by atoms with Crippen LogP contribution >= 0.6 is 11.3 Å². The molecule has 0 aliphatic heterocycles. The highest BCUT2D eigenvalue weighted by molar-refractivity contribution is 7.15. The minimum Gasteiger partial charge on any atom is -0.446 e. The number of hydrogen-bond acceptors (Lipinski definition) is 8. The summed E-state index contributed by atoms with van der Waals surface area (Å²) in [7, 11) is 4.06. The number of carbonyl (C=O) groups excluding carboxylic acids is 2. The molecule has 3 aromatic rings. The van der Waals surface area contributed by atoms with Crippen LogP contribution in [-0.2, 0) is 14.9 Å². The number of hydrogen-bond donors (Lipinski definition) is 2. The first-order valence-corrected chi connectivity index (χ1v) is 18.6. The van der Waals surface area contributed by atoms with E-state index in [0.29, 0.717) is 31.6 Å². The molecule has 8 rings (SSSR count). The predicted molar refractivity (Wildman–Crippen MR) is 190 cm³/mol. The fourth-order valence-electron chi connectivity index (χ4n) is 8.30. The SMILES string of the molecule is CN(C)c1ccc(C23CCC(CN(C(=O)C4CCC(OC(=O)NCCO)CC4)c4cccc(-c5cnc(C6CC6)s5)c4)(CC2)CC3)cn1. The van der Waals surface area contributed by atoms with Crippen molar-refractivity contribution in [1.82, 2.24) is 15.3 Å². The lowest BCUT2D eigenvalue weighted by atomic mass is 9.52. The van der Waals surface area contributed by atoms with Crippen LogP contribution in [0.2, 0.25) is 0 Å². The Kier molecular flexibility index (Phi) is 9.48. The first kappa shape index (κ1) is 33.0. The van der Waals surface area contributed by atoms with E-state index in [1.54, 1.807) is 11.3 Å². The van der Waals surface area contributed by atoms with Crippen molar-refractivity contribution in [3.8, 4) is 10.4 Å². The Bertz CT molecular complexity index is 1570. The summed E-state index contributed by atoms with van der Waals surface area (Å²) in [5.74, 6) is 1.69. The van der Waals surface area contributed by atoms with Gasteiger partial charge in [-0.05, 0) is 117 Å². The molecule has 0 radical (unpaired) electrons. The lowest BCUT2D eigenvalue weighted by molar-refractivity contribution is -0.124. The van der Waals surface area contributed by atoms with Crippen molar-refractivity contribution in [3.63, 3.8) is 0 Å². The number of alkyl carbamates (subject to hydrolysis) is 1. The Balaban J connectivity index is 1.09. The highest BCUT2D eigenvalue weighted by atomic mass is 32.1. The molecule has 2 N–H and O–H groups in total. The largest absolute Gasteiger partial charge is 0.446 e. The Labute approximate surface area is 288 Å². The molecule has 2 aromatic heterocycles. The molecule has 5 fully saturated rings. The molecule has 48 heavy (non-hydrogen) atoms. The lowest BCUT2D eigenvalue weighted by Gasteiger charge is -2.55. The van der Waals surface area contributed by atoms with Crippen molar-refractivity contribution in [2.75, 3.05) is 43.6 Å². The van der Waals surface area contributed by atoms with Gasteiger partial charge >= 0.3 is 6.09 Å². The van der Waals surface area contributed by atoms with Gasteiger partial charge in [-0.25, -0.2) is 14.8 Å². The maximum atomic E-state index is 14.6. The first-order valence-electron chi connectivity index (χ1n) is 17.8. The zero-order valence-corrected chi connectivity index (χ0v) is 29.1. The molecule has 0 atom stereocenters. The van der Waals surface area contributed by atoms with E-state index in [0.717, 1.165) is 67.0 Å². The van der Waals surface area contributed by atoms with Crippen LogP contribution in [0.15, 0.2) is 48.8 Å². The number of thiazole rings is 1. The second-order valence-electron chi connectivity index (χ2n) is 14.9. The molecule has 10 heteroatoms. The number of aliphatic hydroxyl groups excluding tert-OH is 1. The van der Waals surface area contributed by atoms with Crippen molar-refractivity contribution in [2.24, 2.45) is 11.3 Å². The topological polar surface area (TPSA) is 108 Å². The van der Waals surface area contributed by atoms with Gasteiger partial charge in [-0.2, -0.15) is 0 Å². The summed E-state index contributed by atoms with van der Waals surface area (Å²) >= 11 is 1.79. The van der Waals surface area contributed by atoms with E-state index < -0.39 is 6.09 Å². The molecule has 5 saturated carbocycles. The quantitative estimate of drug-likeness (QED) is 0.225. The van der Waals surface area contributed by atoms with Gasteiger partial charge in [0, 0.05) is 57.1 Å². The summed E-state index contributed by atoms with van der Waals surface area (Å²) < 4.78 is 5.58. The number of aromatic nitrogens is 2. The smallest absolute Gasteiger partial charge is 0.407 e. The van der Waals surface area contributed by atoms with Gasteiger partial charge < -0.3 is 25.0 Å². The van der Waals surface area contributed by atoms with Crippen LogP contribution in [0.1, 0.15) is 93.5 Å². The molecule has 5 aliphatic carbocycles. The molecule has 9 nitrogen and oxygen atoms in total. The molecule has 2 heterocycles. The number of nitrogens with zero attached hydrogens (tertiary/aromatic N) is 4. The van der Waals surface area contributed by atoms with E-state index in [-0.39, 0.29) is 41.9 Å². The van der Waals surface area contributed by atoms with Gasteiger partial charge in [-0.1, -0.05) is 18.2 Å². The van der Waals surface area contributed by atoms with E-state index >= 15 is 0 Å². The third-order valence-electron chi connectivity index (χ3n) is 11.6. The fourth-order valence-corrected chi connectivity index (χ4v) is 9.38. The Morgan fingerprint density at radius 2 is 1.71 bits per heavy atom. The van der Waals surface area contributed by atoms with Gasteiger partial charge in [-0.3, -0.25) is 4.79 Å². The number of rotatable bonds is 11. The molecular weight excluding hydrogens is 623 g/mol. The number of fused-ring (bicyclic) bond motifs is 3. The van der Waals surface area contributed by atoms with Crippen LogP contribution in [0, 0.1) is 11.3 Å². The number of benzene rings is 1. The molecule has 2 bridgehead atoms. The summed E-state index contributed by atoms with van der Waals surface area (Å²) in [5.41, 5.74) is 3.74. The third kappa shape index (κ3) is 6.97. The monoisotopic (exact) mass is 671 g/mol. The Morgan fingerprint density at radius 3 is 2.35 bits per heavy atom. The summed E-state index contributed by atoms with van der Waals surface area (Å²) in [5, 5.41) is 12.8. The lowest BCUT2D eigenvalue weighted by Crippen LogP contribution is -2.51. The second-order valence-corrected chi connectivity index (χ2v) is 16.0. The van der Waals surface area contributed by atoms with Crippen LogP contribution in [0.25, 0.3) is 10.4 Å². The average molecular weight is 672 g/mol. The second kappa shape index (κ2) is 13.8. The van der Waals surface area contributed by atoms with E-state index in [1.165, 1.54) is 23.4 Å². The molecule has 2 amide bonds. The van der Waals surface area contributed by atoms with E-state index in [4.69, 9.17) is 19.8 Å². The van der Waals surface area contributed by atoms with E-state index in [1.807, 2.05) is 25.2 Å². The molecule has 0 spiro atoms. The number of nitrogens with one attached hydrogen (secondary N) is 1. The van der Waals surface area contributed by atoms with Gasteiger partial charge in [0.15, 0.2) is 0 Å². The molecule has 1 aromatic carbocycles. The van der Waals surface area contributed by atoms with Crippen molar-refractivity contribution < 1.29 is 19.4 Å². The fraction of sp³-hybridized carbons (Fsp3) is 0.579. The number of anilines is 2. The molecule has 256 valence electrons. The summed E-state index contributed by atoms with van der Waals surface area (Å²) in [6.45, 7) is 0.785. The van der Waals surface area contributed by atoms with Gasteiger partial charge in [0.05, 0.1) is 16.5 Å². The van der Waals surface area contributed by atoms with Crippen LogP contribution in [0.5, 0.6) is 0 Å². The van der Waals surface area contributed by atoms with E-state index in [9.17, 15) is 9.59 Å². The number of amides is 2. The summed E-state index contributed by atoms with van der Waals surface area (Å²) in [4.78, 5) is 41.5. The molecule has 0 saturated heterocycles. The number of pyridine rings is 1.